The van der Waals surface area contributed by atoms with Crippen molar-refractivity contribution >= 4 is 28.5 Å². The zero-order valence-electron chi connectivity index (χ0n) is 28.3. The van der Waals surface area contributed by atoms with E-state index in [2.05, 4.69) is 25.5 Å². The highest BCUT2D eigenvalue weighted by Gasteiger charge is 2.24. The summed E-state index contributed by atoms with van der Waals surface area (Å²) in [7, 11) is 0. The number of benzene rings is 4. The van der Waals surface area contributed by atoms with Crippen molar-refractivity contribution in [2.24, 2.45) is 16.5 Å². The first-order valence-corrected chi connectivity index (χ1v) is 16.8. The highest BCUT2D eigenvalue weighted by Crippen LogP contribution is 2.24. The molecular formula is C40H44FN7O2. The number of fused-ring (bicyclic) bond motifs is 1. The van der Waals surface area contributed by atoms with Gasteiger partial charge in [0.15, 0.2) is 5.96 Å². The highest BCUT2D eigenvalue weighted by molar-refractivity contribution is 5.97. The Labute approximate surface area is 292 Å². The molecule has 5 rings (SSSR count). The minimum absolute atomic E-state index is 0.0207. The van der Waals surface area contributed by atoms with Crippen LogP contribution in [0.3, 0.4) is 0 Å². The summed E-state index contributed by atoms with van der Waals surface area (Å²) in [6.45, 7) is 4.26. The molecule has 0 saturated heterocycles. The first kappa shape index (κ1) is 35.7. The van der Waals surface area contributed by atoms with Crippen molar-refractivity contribution in [2.45, 2.75) is 51.4 Å². The molecule has 1 heterocycles. The number of halogens is 1. The summed E-state index contributed by atoms with van der Waals surface area (Å²) in [5.41, 5.74) is 15.4. The van der Waals surface area contributed by atoms with Crippen LogP contribution in [0.25, 0.3) is 10.8 Å². The maximum Gasteiger partial charge on any atom is 0.251 e. The van der Waals surface area contributed by atoms with Gasteiger partial charge in [-0.2, -0.15) is 0 Å². The van der Waals surface area contributed by atoms with Crippen LogP contribution in [-0.4, -0.2) is 46.8 Å². The molecule has 0 radical (unpaired) electrons. The molecule has 1 aromatic heterocycles. The molecule has 10 heteroatoms. The van der Waals surface area contributed by atoms with E-state index < -0.39 is 6.04 Å². The van der Waals surface area contributed by atoms with Crippen LogP contribution in [0.2, 0.25) is 0 Å². The molecule has 0 spiro atoms. The zero-order chi connectivity index (χ0) is 35.3. The van der Waals surface area contributed by atoms with E-state index in [0.29, 0.717) is 38.0 Å². The normalized spacial score (nSPS) is 12.3. The summed E-state index contributed by atoms with van der Waals surface area (Å²) in [6.07, 6.45) is 3.39. The molecule has 0 aliphatic carbocycles. The van der Waals surface area contributed by atoms with E-state index in [4.69, 9.17) is 11.5 Å². The predicted octanol–water partition coefficient (Wildman–Crippen LogP) is 5.65. The van der Waals surface area contributed by atoms with Gasteiger partial charge in [-0.15, -0.1) is 0 Å². The van der Waals surface area contributed by atoms with Gasteiger partial charge in [0.05, 0.1) is 6.04 Å². The predicted molar refractivity (Wildman–Crippen MR) is 197 cm³/mol. The number of nitrogens with zero attached hydrogens (tertiary/aromatic N) is 3. The molecule has 0 aliphatic rings. The number of hydrogen-bond donors (Lipinski definition) is 4. The van der Waals surface area contributed by atoms with Crippen molar-refractivity contribution in [2.75, 3.05) is 13.1 Å². The number of guanidine groups is 1. The minimum Gasteiger partial charge on any atom is -0.370 e. The molecular weight excluding hydrogens is 629 g/mol. The first-order chi connectivity index (χ1) is 24.2. The average Bonchev–Trinajstić information content (AvgIpc) is 3.13. The molecule has 5 aromatic rings. The molecule has 0 unspecified atom stereocenters. The Morgan fingerprint density at radius 3 is 2.22 bits per heavy atom. The third kappa shape index (κ3) is 10.4. The summed E-state index contributed by atoms with van der Waals surface area (Å²) in [5, 5.41) is 8.19. The second-order valence-electron chi connectivity index (χ2n) is 12.4. The largest absolute Gasteiger partial charge is 0.370 e. The van der Waals surface area contributed by atoms with Crippen LogP contribution < -0.4 is 22.1 Å². The van der Waals surface area contributed by atoms with Crippen molar-refractivity contribution in [3.8, 4) is 0 Å². The van der Waals surface area contributed by atoms with Gasteiger partial charge in [0.25, 0.3) is 5.91 Å². The number of carbonyl (C=O) groups excluding carboxylic acids is 2. The van der Waals surface area contributed by atoms with Gasteiger partial charge in [-0.05, 0) is 83.6 Å². The van der Waals surface area contributed by atoms with Gasteiger partial charge < -0.3 is 22.1 Å². The van der Waals surface area contributed by atoms with Gasteiger partial charge in [-0.25, -0.2) is 4.39 Å². The van der Waals surface area contributed by atoms with Gasteiger partial charge in [-0.1, -0.05) is 72.8 Å². The van der Waals surface area contributed by atoms with E-state index in [9.17, 15) is 14.0 Å². The van der Waals surface area contributed by atoms with Gasteiger partial charge in [0.1, 0.15) is 11.9 Å². The van der Waals surface area contributed by atoms with Crippen LogP contribution >= 0.6 is 0 Å². The molecule has 258 valence electrons. The Morgan fingerprint density at radius 2 is 1.52 bits per heavy atom. The summed E-state index contributed by atoms with van der Waals surface area (Å²) in [4.78, 5) is 37.9. The van der Waals surface area contributed by atoms with Gasteiger partial charge in [0.2, 0.25) is 5.91 Å². The van der Waals surface area contributed by atoms with Crippen molar-refractivity contribution in [3.05, 3.63) is 149 Å². The molecule has 0 fully saturated rings. The SMILES string of the molecule is C[C@H](NC(=O)[C@H](CCCN=C(N)N)NC(=O)c1ccc(CN(CCc2ccccn2)Cc2ccc(F)cc2)cc1)c1cccc2ccccc12. The maximum absolute atomic E-state index is 13.6. The average molecular weight is 674 g/mol. The Kier molecular flexibility index (Phi) is 12.6. The van der Waals surface area contributed by atoms with E-state index >= 15 is 0 Å². The lowest BCUT2D eigenvalue weighted by molar-refractivity contribution is -0.123. The molecule has 2 atom stereocenters. The van der Waals surface area contributed by atoms with E-state index in [1.165, 1.54) is 12.1 Å². The van der Waals surface area contributed by atoms with Crippen LogP contribution in [0.15, 0.2) is 120 Å². The highest BCUT2D eigenvalue weighted by atomic mass is 19.1. The number of nitrogens with two attached hydrogens (primary N) is 2. The number of hydrogen-bond acceptors (Lipinski definition) is 5. The fraction of sp³-hybridized carbons (Fsp3) is 0.250. The van der Waals surface area contributed by atoms with Gasteiger partial charge in [-0.3, -0.25) is 24.5 Å². The smallest absolute Gasteiger partial charge is 0.251 e. The number of pyridine rings is 1. The number of carbonyl (C=O) groups is 2. The van der Waals surface area contributed by atoms with E-state index in [-0.39, 0.29) is 29.6 Å². The van der Waals surface area contributed by atoms with Crippen LogP contribution in [0, 0.1) is 5.82 Å². The van der Waals surface area contributed by atoms with Crippen LogP contribution in [-0.2, 0) is 24.3 Å². The molecule has 6 N–H and O–H groups in total. The minimum atomic E-state index is -0.799. The van der Waals surface area contributed by atoms with Crippen molar-refractivity contribution < 1.29 is 14.0 Å². The Hall–Kier alpha value is -5.61. The first-order valence-electron chi connectivity index (χ1n) is 16.8. The van der Waals surface area contributed by atoms with E-state index in [1.54, 1.807) is 30.5 Å². The fourth-order valence-electron chi connectivity index (χ4n) is 5.93. The second kappa shape index (κ2) is 17.7. The van der Waals surface area contributed by atoms with Crippen LogP contribution in [0.1, 0.15) is 58.5 Å². The van der Waals surface area contributed by atoms with E-state index in [1.807, 2.05) is 79.7 Å². The van der Waals surface area contributed by atoms with Crippen LogP contribution in [0.4, 0.5) is 4.39 Å². The summed E-state index contributed by atoms with van der Waals surface area (Å²) in [6, 6.07) is 32.7. The van der Waals surface area contributed by atoms with Crippen molar-refractivity contribution in [1.29, 1.82) is 0 Å². The molecule has 4 aromatic carbocycles. The van der Waals surface area contributed by atoms with Crippen molar-refractivity contribution in [1.82, 2.24) is 20.5 Å². The molecule has 0 aliphatic heterocycles. The number of aliphatic imine (C=N–C) groups is 1. The lowest BCUT2D eigenvalue weighted by Crippen LogP contribution is -2.47. The maximum atomic E-state index is 13.6. The molecule has 9 nitrogen and oxygen atoms in total. The quantitative estimate of drug-likeness (QED) is 0.0607. The van der Waals surface area contributed by atoms with Gasteiger partial charge in [0, 0.05) is 50.1 Å². The van der Waals surface area contributed by atoms with Gasteiger partial charge >= 0.3 is 0 Å². The zero-order valence-corrected chi connectivity index (χ0v) is 28.3. The summed E-state index contributed by atoms with van der Waals surface area (Å²) >= 11 is 0. The molecule has 50 heavy (non-hydrogen) atoms. The number of rotatable bonds is 16. The van der Waals surface area contributed by atoms with E-state index in [0.717, 1.165) is 46.1 Å². The molecule has 0 saturated carbocycles. The second-order valence-corrected chi connectivity index (χ2v) is 12.4. The topological polar surface area (TPSA) is 139 Å². The van der Waals surface area contributed by atoms with Crippen molar-refractivity contribution in [3.63, 3.8) is 0 Å². The van der Waals surface area contributed by atoms with Crippen LogP contribution in [0.5, 0.6) is 0 Å². The molecule has 0 bridgehead atoms. The number of nitrogens with one attached hydrogen (secondary N) is 2. The number of amides is 2. The number of aromatic nitrogens is 1. The Balaban J connectivity index is 1.25. The third-order valence-electron chi connectivity index (χ3n) is 8.57. The Morgan fingerprint density at radius 1 is 0.840 bits per heavy atom. The molecule has 2 amide bonds. The fourth-order valence-corrected chi connectivity index (χ4v) is 5.93. The third-order valence-corrected chi connectivity index (χ3v) is 8.57. The standard InChI is InChI=1S/C40H44FN7O2/c1-28(35-12-6-9-31-8-2-3-11-36(31)35)46-39(50)37(13-7-24-45-40(42)43)47-38(49)32-18-14-29(15-19-32)26-48(25-22-34-10-4-5-23-44-34)27-30-16-20-33(41)21-17-30/h2-6,8-12,14-21,23,28,37H,7,13,22,24-27H2,1H3,(H,46,50)(H,47,49)(H4,42,43,45)/t28-,37-/m0/s1. The monoisotopic (exact) mass is 673 g/mol. The summed E-state index contributed by atoms with van der Waals surface area (Å²) in [5.74, 6) is -0.928. The lowest BCUT2D eigenvalue weighted by atomic mass is 9.99. The Bertz CT molecular complexity index is 1870. The summed E-state index contributed by atoms with van der Waals surface area (Å²) < 4.78 is 13.6. The lowest BCUT2D eigenvalue weighted by Gasteiger charge is -2.23.